The lowest BCUT2D eigenvalue weighted by molar-refractivity contribution is -0.207. The van der Waals surface area contributed by atoms with Crippen LogP contribution >= 0.6 is 0 Å². The van der Waals surface area contributed by atoms with Crippen molar-refractivity contribution < 1.29 is 24.5 Å². The average molecular weight is 379 g/mol. The van der Waals surface area contributed by atoms with Gasteiger partial charge < -0.3 is 14.9 Å². The number of hydrogen-bond acceptors (Lipinski definition) is 5. The molecule has 0 amide bonds. The fraction of sp³-hybridized carbons (Fsp3) is 0.818. The zero-order valence-corrected chi connectivity index (χ0v) is 17.0. The van der Waals surface area contributed by atoms with Crippen LogP contribution in [0.25, 0.3) is 0 Å². The van der Waals surface area contributed by atoms with E-state index in [0.717, 1.165) is 19.3 Å². The molecule has 0 aromatic carbocycles. The number of Topliss-reactive ketones (excluding diaryl/α,β-unsaturated/α-hetero) is 1. The van der Waals surface area contributed by atoms with E-state index in [1.807, 2.05) is 6.92 Å². The van der Waals surface area contributed by atoms with Gasteiger partial charge in [0, 0.05) is 23.2 Å². The molecule has 3 aliphatic rings. The van der Waals surface area contributed by atoms with E-state index in [9.17, 15) is 19.8 Å². The Hall–Kier alpha value is -1.20. The van der Waals surface area contributed by atoms with E-state index in [1.54, 1.807) is 6.08 Å². The number of esters is 1. The minimum absolute atomic E-state index is 0.0433. The van der Waals surface area contributed by atoms with Gasteiger partial charge in [-0.15, -0.1) is 6.58 Å². The number of ketones is 1. The molecular formula is C22H34O5. The molecule has 3 rings (SSSR count). The maximum Gasteiger partial charge on any atom is 0.332 e. The fourth-order valence-corrected chi connectivity index (χ4v) is 6.70. The maximum absolute atomic E-state index is 13.1. The Balaban J connectivity index is 2.21. The van der Waals surface area contributed by atoms with Crippen molar-refractivity contribution in [3.8, 4) is 0 Å². The summed E-state index contributed by atoms with van der Waals surface area (Å²) in [6.45, 7) is 11.5. The third-order valence-corrected chi connectivity index (χ3v) is 8.70. The lowest BCUT2D eigenvalue weighted by atomic mass is 9.44. The first-order chi connectivity index (χ1) is 12.6. The summed E-state index contributed by atoms with van der Waals surface area (Å²) in [5, 5.41) is 20.6. The number of rotatable bonds is 3. The van der Waals surface area contributed by atoms with Crippen molar-refractivity contribution in [2.24, 2.45) is 34.0 Å². The van der Waals surface area contributed by atoms with Crippen molar-refractivity contribution in [1.29, 1.82) is 0 Å². The van der Waals surface area contributed by atoms with Crippen LogP contribution in [0.2, 0.25) is 0 Å². The van der Waals surface area contributed by atoms with Gasteiger partial charge >= 0.3 is 5.97 Å². The average Bonchev–Trinajstić information content (AvgIpc) is 3.00. The molecule has 152 valence electrons. The summed E-state index contributed by atoms with van der Waals surface area (Å²) in [6, 6.07) is 0. The van der Waals surface area contributed by atoms with Crippen LogP contribution in [0.5, 0.6) is 0 Å². The van der Waals surface area contributed by atoms with Crippen LogP contribution < -0.4 is 0 Å². The Morgan fingerprint density at radius 2 is 2.00 bits per heavy atom. The lowest BCUT2D eigenvalue weighted by Crippen LogP contribution is -2.63. The van der Waals surface area contributed by atoms with Crippen molar-refractivity contribution >= 4 is 11.8 Å². The predicted octanol–water partition coefficient (Wildman–Crippen LogP) is 2.89. The molecule has 0 aromatic rings. The molecular weight excluding hydrogens is 344 g/mol. The number of carbonyl (C=O) groups is 2. The molecule has 27 heavy (non-hydrogen) atoms. The smallest absolute Gasteiger partial charge is 0.332 e. The summed E-state index contributed by atoms with van der Waals surface area (Å²) < 4.78 is 5.77. The zero-order chi connectivity index (χ0) is 20.2. The molecule has 3 unspecified atom stereocenters. The van der Waals surface area contributed by atoms with E-state index in [0.29, 0.717) is 12.8 Å². The number of hydrogen-bond donors (Lipinski definition) is 2. The molecule has 2 bridgehead atoms. The van der Waals surface area contributed by atoms with E-state index in [2.05, 4.69) is 27.4 Å². The van der Waals surface area contributed by atoms with Gasteiger partial charge in [-0.05, 0) is 42.9 Å². The molecule has 0 heterocycles. The lowest BCUT2D eigenvalue weighted by Gasteiger charge is -2.61. The number of aliphatic hydroxyl groups is 2. The summed E-state index contributed by atoms with van der Waals surface area (Å²) in [6.07, 6.45) is 4.10. The Morgan fingerprint density at radius 1 is 1.33 bits per heavy atom. The van der Waals surface area contributed by atoms with Crippen LogP contribution in [-0.4, -0.2) is 40.8 Å². The molecule has 5 heteroatoms. The highest BCUT2D eigenvalue weighted by Crippen LogP contribution is 2.67. The monoisotopic (exact) mass is 378 g/mol. The molecule has 0 saturated heterocycles. The first-order valence-corrected chi connectivity index (χ1v) is 10.2. The molecule has 0 spiro atoms. The van der Waals surface area contributed by atoms with Crippen molar-refractivity contribution in [3.63, 3.8) is 0 Å². The van der Waals surface area contributed by atoms with Crippen molar-refractivity contribution in [1.82, 2.24) is 0 Å². The van der Waals surface area contributed by atoms with E-state index >= 15 is 0 Å². The fourth-order valence-electron chi connectivity index (χ4n) is 6.70. The minimum atomic E-state index is -0.686. The van der Waals surface area contributed by atoms with Crippen molar-refractivity contribution in [3.05, 3.63) is 12.7 Å². The predicted molar refractivity (Wildman–Crippen MR) is 102 cm³/mol. The molecule has 0 aromatic heterocycles. The van der Waals surface area contributed by atoms with Crippen molar-refractivity contribution in [2.75, 3.05) is 6.61 Å². The molecule has 3 saturated carbocycles. The Morgan fingerprint density at radius 3 is 2.59 bits per heavy atom. The van der Waals surface area contributed by atoms with E-state index in [1.165, 1.54) is 0 Å². The van der Waals surface area contributed by atoms with Gasteiger partial charge in [-0.25, -0.2) is 4.79 Å². The first-order valence-electron chi connectivity index (χ1n) is 10.2. The Bertz CT molecular complexity index is 645. The molecule has 8 atom stereocenters. The normalized spacial score (nSPS) is 49.7. The van der Waals surface area contributed by atoms with Gasteiger partial charge in [-0.1, -0.05) is 33.8 Å². The zero-order valence-electron chi connectivity index (χ0n) is 17.0. The molecule has 3 aliphatic carbocycles. The maximum atomic E-state index is 13.1. The van der Waals surface area contributed by atoms with Crippen LogP contribution in [-0.2, 0) is 14.3 Å². The summed E-state index contributed by atoms with van der Waals surface area (Å²) >= 11 is 0. The molecule has 3 fully saturated rings. The van der Waals surface area contributed by atoms with E-state index < -0.39 is 35.6 Å². The number of ether oxygens (including phenoxy) is 1. The van der Waals surface area contributed by atoms with Crippen LogP contribution in [0.15, 0.2) is 12.7 Å². The summed E-state index contributed by atoms with van der Waals surface area (Å²) in [7, 11) is 0. The van der Waals surface area contributed by atoms with Gasteiger partial charge in [0.2, 0.25) is 0 Å². The van der Waals surface area contributed by atoms with Gasteiger partial charge in [0.15, 0.2) is 0 Å². The summed E-state index contributed by atoms with van der Waals surface area (Å²) in [5.74, 6) is -0.520. The van der Waals surface area contributed by atoms with Crippen LogP contribution in [0.1, 0.15) is 59.8 Å². The highest BCUT2D eigenvalue weighted by molar-refractivity contribution is 5.85. The van der Waals surface area contributed by atoms with E-state index in [-0.39, 0.29) is 29.0 Å². The SMILES string of the molecule is C=C[C@]1(C)CC(OC(=O)CO)[C@]2(C)C(C)CC[C@]3(CCC(=O)C23)[C@@H](C)[C@@H]1O. The van der Waals surface area contributed by atoms with Crippen LogP contribution in [0.3, 0.4) is 0 Å². The molecule has 2 N–H and O–H groups in total. The van der Waals surface area contributed by atoms with Gasteiger partial charge in [0.25, 0.3) is 0 Å². The summed E-state index contributed by atoms with van der Waals surface area (Å²) in [4.78, 5) is 25.2. The molecule has 0 aliphatic heterocycles. The quantitative estimate of drug-likeness (QED) is 0.583. The van der Waals surface area contributed by atoms with Gasteiger partial charge in [0.1, 0.15) is 18.5 Å². The molecule has 0 radical (unpaired) electrons. The van der Waals surface area contributed by atoms with Gasteiger partial charge in [0.05, 0.1) is 6.10 Å². The Labute approximate surface area is 162 Å². The summed E-state index contributed by atoms with van der Waals surface area (Å²) in [5.41, 5.74) is -1.43. The minimum Gasteiger partial charge on any atom is -0.460 e. The van der Waals surface area contributed by atoms with E-state index in [4.69, 9.17) is 4.74 Å². The van der Waals surface area contributed by atoms with Gasteiger partial charge in [-0.2, -0.15) is 0 Å². The second-order valence-corrected chi connectivity index (χ2v) is 9.72. The largest absolute Gasteiger partial charge is 0.460 e. The highest BCUT2D eigenvalue weighted by atomic mass is 16.6. The molecule has 5 nitrogen and oxygen atoms in total. The Kier molecular flexibility index (Phi) is 5.09. The third-order valence-electron chi connectivity index (χ3n) is 8.70. The van der Waals surface area contributed by atoms with Crippen molar-refractivity contribution in [2.45, 2.75) is 72.0 Å². The number of aliphatic hydroxyl groups excluding tert-OH is 2. The number of carbonyl (C=O) groups excluding carboxylic acids is 2. The standard InChI is InChI=1S/C22H34O5/c1-6-20(4)11-16(27-17(25)12-23)21(5)13(2)7-9-22(14(3)19(20)26)10-8-15(24)18(21)22/h6,13-14,16,18-19,23,26H,1,7-12H2,2-5H3/t13?,14-,16?,18?,19-,20+,21-,22-/m0/s1. The van der Waals surface area contributed by atoms with Crippen LogP contribution in [0.4, 0.5) is 0 Å². The third kappa shape index (κ3) is 2.72. The topological polar surface area (TPSA) is 83.8 Å². The van der Waals surface area contributed by atoms with Gasteiger partial charge in [-0.3, -0.25) is 4.79 Å². The second-order valence-electron chi connectivity index (χ2n) is 9.72. The van der Waals surface area contributed by atoms with Crippen LogP contribution in [0, 0.1) is 34.0 Å². The highest BCUT2D eigenvalue weighted by Gasteiger charge is 2.68. The second kappa shape index (κ2) is 6.70. The first kappa shape index (κ1) is 20.5.